The molecule has 4 nitrogen and oxygen atoms in total. The Morgan fingerprint density at radius 2 is 2.40 bits per heavy atom. The van der Waals surface area contributed by atoms with Crippen molar-refractivity contribution in [3.8, 4) is 0 Å². The minimum absolute atomic E-state index is 0.511. The standard InChI is InChI=1S/C8H12F2N2O2S/c1-11-8-12-5-4(10)6(13)3(2-9)14-7(5)15-8/h3-7,13H,2H2,1H3,(H,11,12)/t3-,4+,5-,6-,7-/m1/s1. The molecule has 0 aromatic carbocycles. The molecule has 2 saturated heterocycles. The molecule has 86 valence electrons. The van der Waals surface area contributed by atoms with E-state index in [0.29, 0.717) is 5.17 Å². The lowest BCUT2D eigenvalue weighted by molar-refractivity contribution is -0.139. The van der Waals surface area contributed by atoms with Crippen LogP contribution in [-0.4, -0.2) is 53.9 Å². The molecule has 2 fully saturated rings. The third-order valence-corrected chi connectivity index (χ3v) is 3.69. The summed E-state index contributed by atoms with van der Waals surface area (Å²) in [4.78, 5) is 3.87. The first-order valence-corrected chi connectivity index (χ1v) is 5.49. The number of thioether (sulfide) groups is 1. The van der Waals surface area contributed by atoms with Gasteiger partial charge in [-0.25, -0.2) is 8.78 Å². The molecule has 0 saturated carbocycles. The molecule has 0 aromatic heterocycles. The molecule has 0 radical (unpaired) electrons. The summed E-state index contributed by atoms with van der Waals surface area (Å²) in [5.74, 6) is 0. The van der Waals surface area contributed by atoms with Crippen molar-refractivity contribution in [2.24, 2.45) is 4.99 Å². The molecule has 7 heteroatoms. The Bertz CT molecular complexity index is 279. The number of aliphatic imine (C=N–C) groups is 1. The van der Waals surface area contributed by atoms with Gasteiger partial charge in [0.25, 0.3) is 0 Å². The second kappa shape index (κ2) is 4.23. The number of hydrogen-bond acceptors (Lipinski definition) is 4. The van der Waals surface area contributed by atoms with Crippen LogP contribution >= 0.6 is 11.8 Å². The van der Waals surface area contributed by atoms with Gasteiger partial charge >= 0.3 is 0 Å². The third kappa shape index (κ3) is 1.83. The molecule has 2 aliphatic rings. The van der Waals surface area contributed by atoms with Gasteiger partial charge in [-0.05, 0) is 0 Å². The Hall–Kier alpha value is -0.400. The largest absolute Gasteiger partial charge is 0.387 e. The predicted octanol–water partition coefficient (Wildman–Crippen LogP) is 0.0706. The number of rotatable bonds is 1. The van der Waals surface area contributed by atoms with E-state index in [9.17, 15) is 13.9 Å². The van der Waals surface area contributed by atoms with Crippen LogP contribution < -0.4 is 5.32 Å². The first-order valence-electron chi connectivity index (χ1n) is 4.61. The lowest BCUT2D eigenvalue weighted by Crippen LogP contribution is -2.57. The first kappa shape index (κ1) is 11.1. The number of ether oxygens (including phenoxy) is 1. The van der Waals surface area contributed by atoms with Crippen molar-refractivity contribution in [1.82, 2.24) is 5.32 Å². The van der Waals surface area contributed by atoms with Crippen LogP contribution in [0.2, 0.25) is 0 Å². The Morgan fingerprint density at radius 1 is 1.67 bits per heavy atom. The summed E-state index contributed by atoms with van der Waals surface area (Å²) >= 11 is 1.22. The molecule has 5 atom stereocenters. The van der Waals surface area contributed by atoms with Crippen molar-refractivity contribution in [3.63, 3.8) is 0 Å². The number of amidine groups is 1. The van der Waals surface area contributed by atoms with Crippen molar-refractivity contribution in [2.45, 2.75) is 29.9 Å². The van der Waals surface area contributed by atoms with Gasteiger partial charge in [0.05, 0.1) is 6.04 Å². The highest BCUT2D eigenvalue weighted by Crippen LogP contribution is 2.35. The monoisotopic (exact) mass is 238 g/mol. The lowest BCUT2D eigenvalue weighted by Gasteiger charge is -2.36. The molecule has 0 aromatic rings. The Morgan fingerprint density at radius 3 is 3.00 bits per heavy atom. The maximum atomic E-state index is 13.7. The normalized spacial score (nSPS) is 47.7. The fourth-order valence-electron chi connectivity index (χ4n) is 1.69. The summed E-state index contributed by atoms with van der Waals surface area (Å²) in [6, 6.07) is -0.647. The van der Waals surface area contributed by atoms with Gasteiger partial charge in [0.2, 0.25) is 0 Å². The molecule has 2 N–H and O–H groups in total. The zero-order valence-corrected chi connectivity index (χ0v) is 8.88. The highest BCUT2D eigenvalue weighted by Gasteiger charge is 2.49. The zero-order valence-electron chi connectivity index (χ0n) is 8.06. The van der Waals surface area contributed by atoms with Crippen LogP contribution in [-0.2, 0) is 4.74 Å². The minimum atomic E-state index is -1.53. The molecule has 0 amide bonds. The lowest BCUT2D eigenvalue weighted by atomic mass is 10.00. The molecule has 2 aliphatic heterocycles. The second-order valence-corrected chi connectivity index (χ2v) is 4.54. The van der Waals surface area contributed by atoms with E-state index in [2.05, 4.69) is 10.3 Å². The molecular weight excluding hydrogens is 226 g/mol. The summed E-state index contributed by atoms with van der Waals surface area (Å²) in [6.07, 6.45) is -4.02. The second-order valence-electron chi connectivity index (χ2n) is 3.45. The molecule has 0 aliphatic carbocycles. The van der Waals surface area contributed by atoms with Crippen molar-refractivity contribution in [2.75, 3.05) is 13.7 Å². The topological polar surface area (TPSA) is 53.9 Å². The maximum Gasteiger partial charge on any atom is 0.159 e. The van der Waals surface area contributed by atoms with Crippen LogP contribution in [0.4, 0.5) is 8.78 Å². The fraction of sp³-hybridized carbons (Fsp3) is 0.875. The Labute approximate surface area is 90.1 Å². The highest BCUT2D eigenvalue weighted by atomic mass is 32.2. The number of hydrogen-bond donors (Lipinski definition) is 2. The predicted molar refractivity (Wildman–Crippen MR) is 53.4 cm³/mol. The SMILES string of the molecule is CN=C1N[C@@H]2[C@H](F)[C@H](O)[C@@H](CF)O[C@@H]2S1. The zero-order chi connectivity index (χ0) is 11.0. The Kier molecular flexibility index (Phi) is 3.13. The van der Waals surface area contributed by atoms with Crippen molar-refractivity contribution < 1.29 is 18.6 Å². The number of nitrogens with zero attached hydrogens (tertiary/aromatic N) is 1. The van der Waals surface area contributed by atoms with Crippen LogP contribution in [0.1, 0.15) is 0 Å². The van der Waals surface area contributed by atoms with E-state index in [1.165, 1.54) is 11.8 Å². The van der Waals surface area contributed by atoms with Gasteiger partial charge in [-0.3, -0.25) is 4.99 Å². The van der Waals surface area contributed by atoms with E-state index >= 15 is 0 Å². The molecule has 0 bridgehead atoms. The summed E-state index contributed by atoms with van der Waals surface area (Å²) in [5, 5.41) is 12.8. The smallest absolute Gasteiger partial charge is 0.159 e. The fourth-order valence-corrected chi connectivity index (χ4v) is 2.78. The third-order valence-electron chi connectivity index (χ3n) is 2.53. The van der Waals surface area contributed by atoms with Crippen molar-refractivity contribution in [3.05, 3.63) is 0 Å². The van der Waals surface area contributed by atoms with Crippen molar-refractivity contribution in [1.29, 1.82) is 0 Å². The van der Waals surface area contributed by atoms with E-state index in [4.69, 9.17) is 4.74 Å². The first-order chi connectivity index (χ1) is 7.17. The maximum absolute atomic E-state index is 13.7. The average Bonchev–Trinajstić information content (AvgIpc) is 2.66. The average molecular weight is 238 g/mol. The molecule has 0 unspecified atom stereocenters. The van der Waals surface area contributed by atoms with E-state index in [-0.39, 0.29) is 0 Å². The molecule has 0 spiro atoms. The van der Waals surface area contributed by atoms with Gasteiger partial charge in [-0.15, -0.1) is 0 Å². The summed E-state index contributed by atoms with van der Waals surface area (Å²) < 4.78 is 31.3. The van der Waals surface area contributed by atoms with Gasteiger partial charge in [0.15, 0.2) is 11.3 Å². The van der Waals surface area contributed by atoms with Gasteiger partial charge in [0.1, 0.15) is 24.3 Å². The minimum Gasteiger partial charge on any atom is -0.387 e. The molecule has 2 heterocycles. The van der Waals surface area contributed by atoms with Gasteiger partial charge in [-0.2, -0.15) is 0 Å². The summed E-state index contributed by atoms with van der Waals surface area (Å²) in [6.45, 7) is -0.885. The van der Waals surface area contributed by atoms with E-state index < -0.39 is 36.5 Å². The Balaban J connectivity index is 2.13. The number of nitrogens with one attached hydrogen (secondary N) is 1. The van der Waals surface area contributed by atoms with Crippen LogP contribution in [0.15, 0.2) is 4.99 Å². The van der Waals surface area contributed by atoms with Crippen molar-refractivity contribution >= 4 is 16.9 Å². The number of alkyl halides is 2. The van der Waals surface area contributed by atoms with E-state index in [1.807, 2.05) is 0 Å². The number of aliphatic hydroxyl groups excluding tert-OH is 1. The number of aliphatic hydroxyl groups is 1. The van der Waals surface area contributed by atoms with Crippen LogP contribution in [0.5, 0.6) is 0 Å². The van der Waals surface area contributed by atoms with Gasteiger partial charge < -0.3 is 15.2 Å². The van der Waals surface area contributed by atoms with Crippen LogP contribution in [0.25, 0.3) is 0 Å². The van der Waals surface area contributed by atoms with E-state index in [0.717, 1.165) is 0 Å². The quantitative estimate of drug-likeness (QED) is 0.679. The summed E-state index contributed by atoms with van der Waals surface area (Å²) in [5.41, 5.74) is -0.511. The molecule has 15 heavy (non-hydrogen) atoms. The van der Waals surface area contributed by atoms with Crippen LogP contribution in [0, 0.1) is 0 Å². The van der Waals surface area contributed by atoms with E-state index in [1.54, 1.807) is 7.05 Å². The summed E-state index contributed by atoms with van der Waals surface area (Å²) in [7, 11) is 1.57. The highest BCUT2D eigenvalue weighted by molar-refractivity contribution is 8.14. The van der Waals surface area contributed by atoms with Gasteiger partial charge in [-0.1, -0.05) is 11.8 Å². The van der Waals surface area contributed by atoms with Gasteiger partial charge in [0, 0.05) is 7.05 Å². The molecular formula is C8H12F2N2O2S. The van der Waals surface area contributed by atoms with Crippen LogP contribution in [0.3, 0.4) is 0 Å². The number of halogens is 2. The molecule has 2 rings (SSSR count). The number of fused-ring (bicyclic) bond motifs is 1.